The predicted molar refractivity (Wildman–Crippen MR) is 75.6 cm³/mol. The van der Waals surface area contributed by atoms with Crippen molar-refractivity contribution in [3.8, 4) is 0 Å². The van der Waals surface area contributed by atoms with Crippen molar-refractivity contribution in [2.45, 2.75) is 39.5 Å². The van der Waals surface area contributed by atoms with Gasteiger partial charge < -0.3 is 10.6 Å². The summed E-state index contributed by atoms with van der Waals surface area (Å²) in [5.41, 5.74) is 10.8. The van der Waals surface area contributed by atoms with E-state index in [4.69, 9.17) is 5.73 Å². The number of nitrogens with two attached hydrogens (primary N) is 1. The van der Waals surface area contributed by atoms with E-state index < -0.39 is 0 Å². The number of aryl methyl sites for hydroxylation is 2. The molecule has 1 fully saturated rings. The lowest BCUT2D eigenvalue weighted by Crippen LogP contribution is -2.25. The Morgan fingerprint density at radius 1 is 1.18 bits per heavy atom. The summed E-state index contributed by atoms with van der Waals surface area (Å²) < 4.78 is 0. The highest BCUT2D eigenvalue weighted by Gasteiger charge is 2.18. The molecular formula is C15H24N2. The van der Waals surface area contributed by atoms with E-state index in [2.05, 4.69) is 37.9 Å². The van der Waals surface area contributed by atoms with Gasteiger partial charge in [-0.25, -0.2) is 0 Å². The van der Waals surface area contributed by atoms with Crippen molar-refractivity contribution >= 4 is 11.4 Å². The molecule has 17 heavy (non-hydrogen) atoms. The normalized spacial score (nSPS) is 16.4. The molecule has 0 aromatic heterocycles. The van der Waals surface area contributed by atoms with E-state index in [0.717, 1.165) is 18.2 Å². The van der Waals surface area contributed by atoms with Gasteiger partial charge >= 0.3 is 0 Å². The van der Waals surface area contributed by atoms with E-state index in [-0.39, 0.29) is 0 Å². The van der Waals surface area contributed by atoms with Gasteiger partial charge in [-0.1, -0.05) is 12.8 Å². The fourth-order valence-corrected chi connectivity index (χ4v) is 2.83. The zero-order chi connectivity index (χ0) is 12.4. The summed E-state index contributed by atoms with van der Waals surface area (Å²) in [6.45, 7) is 5.42. The first kappa shape index (κ1) is 12.3. The lowest BCUT2D eigenvalue weighted by Gasteiger charge is -2.25. The number of rotatable bonds is 3. The molecule has 0 aliphatic heterocycles. The van der Waals surface area contributed by atoms with Crippen molar-refractivity contribution < 1.29 is 0 Å². The minimum atomic E-state index is 0.862. The lowest BCUT2D eigenvalue weighted by molar-refractivity contribution is 0.547. The minimum Gasteiger partial charge on any atom is -0.397 e. The predicted octanol–water partition coefficient (Wildman–Crippen LogP) is 3.51. The highest BCUT2D eigenvalue weighted by Crippen LogP contribution is 2.30. The van der Waals surface area contributed by atoms with Crippen LogP contribution in [0, 0.1) is 19.8 Å². The molecule has 0 amide bonds. The van der Waals surface area contributed by atoms with Crippen LogP contribution in [0.2, 0.25) is 0 Å². The van der Waals surface area contributed by atoms with Gasteiger partial charge in [-0.3, -0.25) is 0 Å². The molecule has 2 heteroatoms. The first-order valence-corrected chi connectivity index (χ1v) is 6.66. The second kappa shape index (κ2) is 4.99. The third-order valence-electron chi connectivity index (χ3n) is 4.06. The molecular weight excluding hydrogens is 208 g/mol. The summed E-state index contributed by atoms with van der Waals surface area (Å²) in [6.07, 6.45) is 5.58. The van der Waals surface area contributed by atoms with Crippen LogP contribution < -0.4 is 10.6 Å². The van der Waals surface area contributed by atoms with E-state index in [1.54, 1.807) is 0 Å². The van der Waals surface area contributed by atoms with Crippen molar-refractivity contribution in [2.75, 3.05) is 24.2 Å². The van der Waals surface area contributed by atoms with Crippen LogP contribution in [0.25, 0.3) is 0 Å². The van der Waals surface area contributed by atoms with E-state index in [1.807, 2.05) is 0 Å². The molecule has 2 N–H and O–H groups in total. The Labute approximate surface area is 105 Å². The molecule has 0 spiro atoms. The average molecular weight is 232 g/mol. The second-order valence-electron chi connectivity index (χ2n) is 5.53. The topological polar surface area (TPSA) is 29.3 Å². The largest absolute Gasteiger partial charge is 0.397 e. The Kier molecular flexibility index (Phi) is 3.60. The smallest absolute Gasteiger partial charge is 0.0600 e. The van der Waals surface area contributed by atoms with Crippen LogP contribution in [-0.4, -0.2) is 13.6 Å². The Bertz CT molecular complexity index is 392. The number of nitrogen functional groups attached to an aromatic ring is 1. The second-order valence-corrected chi connectivity index (χ2v) is 5.53. The van der Waals surface area contributed by atoms with Crippen LogP contribution in [0.3, 0.4) is 0 Å². The Morgan fingerprint density at radius 3 is 2.41 bits per heavy atom. The van der Waals surface area contributed by atoms with E-state index in [9.17, 15) is 0 Å². The lowest BCUT2D eigenvalue weighted by atomic mass is 10.0. The highest BCUT2D eigenvalue weighted by molar-refractivity contribution is 5.69. The van der Waals surface area contributed by atoms with Crippen molar-refractivity contribution in [3.05, 3.63) is 23.3 Å². The number of anilines is 2. The summed E-state index contributed by atoms with van der Waals surface area (Å²) in [5, 5.41) is 0. The van der Waals surface area contributed by atoms with Gasteiger partial charge in [0.05, 0.1) is 11.4 Å². The maximum atomic E-state index is 6.12. The van der Waals surface area contributed by atoms with Gasteiger partial charge in [0.1, 0.15) is 0 Å². The maximum absolute atomic E-state index is 6.12. The van der Waals surface area contributed by atoms with Gasteiger partial charge in [0.25, 0.3) is 0 Å². The quantitative estimate of drug-likeness (QED) is 0.808. The number of benzene rings is 1. The highest BCUT2D eigenvalue weighted by atomic mass is 15.1. The van der Waals surface area contributed by atoms with Gasteiger partial charge in [0.2, 0.25) is 0 Å². The number of hydrogen-bond donors (Lipinski definition) is 1. The molecule has 2 nitrogen and oxygen atoms in total. The third-order valence-corrected chi connectivity index (χ3v) is 4.06. The number of hydrogen-bond acceptors (Lipinski definition) is 2. The summed E-state index contributed by atoms with van der Waals surface area (Å²) in [7, 11) is 2.17. The summed E-state index contributed by atoms with van der Waals surface area (Å²) >= 11 is 0. The summed E-state index contributed by atoms with van der Waals surface area (Å²) in [5.74, 6) is 0.862. The molecule has 0 saturated heterocycles. The number of nitrogens with zero attached hydrogens (tertiary/aromatic N) is 1. The standard InChI is InChI=1S/C15H24N2/c1-11-8-14(16)15(9-12(11)2)17(3)10-13-6-4-5-7-13/h8-9,13H,4-7,10,16H2,1-3H3. The van der Waals surface area contributed by atoms with Crippen LogP contribution in [0.4, 0.5) is 11.4 Å². The molecule has 0 radical (unpaired) electrons. The Morgan fingerprint density at radius 2 is 1.76 bits per heavy atom. The zero-order valence-corrected chi connectivity index (χ0v) is 11.3. The molecule has 0 atom stereocenters. The van der Waals surface area contributed by atoms with Crippen LogP contribution in [0.5, 0.6) is 0 Å². The van der Waals surface area contributed by atoms with Crippen LogP contribution >= 0.6 is 0 Å². The van der Waals surface area contributed by atoms with Gasteiger partial charge in [0.15, 0.2) is 0 Å². The molecule has 0 heterocycles. The molecule has 0 bridgehead atoms. The molecule has 1 aliphatic rings. The minimum absolute atomic E-state index is 0.862. The van der Waals surface area contributed by atoms with Crippen molar-refractivity contribution in [2.24, 2.45) is 5.92 Å². The average Bonchev–Trinajstić information content (AvgIpc) is 2.76. The van der Waals surface area contributed by atoms with Gasteiger partial charge in [-0.15, -0.1) is 0 Å². The van der Waals surface area contributed by atoms with Gasteiger partial charge in [-0.2, -0.15) is 0 Å². The first-order chi connectivity index (χ1) is 8.08. The van der Waals surface area contributed by atoms with Crippen molar-refractivity contribution in [3.63, 3.8) is 0 Å². The monoisotopic (exact) mass is 232 g/mol. The molecule has 1 aromatic carbocycles. The summed E-state index contributed by atoms with van der Waals surface area (Å²) in [4.78, 5) is 2.33. The fourth-order valence-electron chi connectivity index (χ4n) is 2.83. The molecule has 2 rings (SSSR count). The van der Waals surface area contributed by atoms with Crippen LogP contribution in [0.1, 0.15) is 36.8 Å². The van der Waals surface area contributed by atoms with Crippen LogP contribution in [-0.2, 0) is 0 Å². The molecule has 94 valence electrons. The van der Waals surface area contributed by atoms with Crippen molar-refractivity contribution in [1.82, 2.24) is 0 Å². The Hall–Kier alpha value is -1.18. The maximum Gasteiger partial charge on any atom is 0.0600 e. The first-order valence-electron chi connectivity index (χ1n) is 6.66. The van der Waals surface area contributed by atoms with E-state index >= 15 is 0 Å². The van der Waals surface area contributed by atoms with E-state index in [1.165, 1.54) is 42.5 Å². The fraction of sp³-hybridized carbons (Fsp3) is 0.600. The molecule has 1 saturated carbocycles. The van der Waals surface area contributed by atoms with Gasteiger partial charge in [0, 0.05) is 13.6 Å². The van der Waals surface area contributed by atoms with Gasteiger partial charge in [-0.05, 0) is 55.9 Å². The third kappa shape index (κ3) is 2.74. The van der Waals surface area contributed by atoms with Crippen molar-refractivity contribution in [1.29, 1.82) is 0 Å². The molecule has 1 aliphatic carbocycles. The zero-order valence-electron chi connectivity index (χ0n) is 11.3. The summed E-state index contributed by atoms with van der Waals surface area (Å²) in [6, 6.07) is 4.31. The molecule has 0 unspecified atom stereocenters. The van der Waals surface area contributed by atoms with E-state index in [0.29, 0.717) is 0 Å². The Balaban J connectivity index is 2.12. The van der Waals surface area contributed by atoms with Crippen LogP contribution in [0.15, 0.2) is 12.1 Å². The SMILES string of the molecule is Cc1cc(N)c(N(C)CC2CCCC2)cc1C. The molecule has 1 aromatic rings.